The number of carbonyl (C=O) groups excluding carboxylic acids is 1. The number of para-hydroxylation sites is 2. The van der Waals surface area contributed by atoms with Crippen LogP contribution in [0.4, 0.5) is 20.6 Å². The zero-order valence-electron chi connectivity index (χ0n) is 16.2. The van der Waals surface area contributed by atoms with Gasteiger partial charge in [0.15, 0.2) is 0 Å². The number of aryl methyl sites for hydroxylation is 1. The molecule has 0 unspecified atom stereocenters. The molecule has 3 aromatic rings. The Kier molecular flexibility index (Phi) is 6.29. The molecular formula is C22H22FN3O3. The number of carbonyl (C=O) groups is 1. The first-order valence-electron chi connectivity index (χ1n) is 9.22. The molecule has 2 N–H and O–H groups in total. The van der Waals surface area contributed by atoms with Gasteiger partial charge in [0.25, 0.3) is 5.56 Å². The van der Waals surface area contributed by atoms with Gasteiger partial charge in [-0.25, -0.2) is 9.18 Å². The first-order valence-corrected chi connectivity index (χ1v) is 9.22. The molecule has 0 fully saturated rings. The summed E-state index contributed by atoms with van der Waals surface area (Å²) in [6.07, 6.45) is 1.63. The van der Waals surface area contributed by atoms with Crippen molar-refractivity contribution in [2.24, 2.45) is 0 Å². The van der Waals surface area contributed by atoms with Crippen LogP contribution in [-0.2, 0) is 6.54 Å². The molecule has 3 rings (SSSR count). The number of benzene rings is 2. The number of anilines is 2. The lowest BCUT2D eigenvalue weighted by atomic mass is 10.2. The number of halogens is 1. The van der Waals surface area contributed by atoms with Crippen molar-refractivity contribution in [1.29, 1.82) is 0 Å². The molecule has 0 atom stereocenters. The molecule has 0 spiro atoms. The summed E-state index contributed by atoms with van der Waals surface area (Å²) in [6, 6.07) is 14.3. The van der Waals surface area contributed by atoms with E-state index in [4.69, 9.17) is 4.74 Å². The van der Waals surface area contributed by atoms with E-state index in [1.807, 2.05) is 6.92 Å². The van der Waals surface area contributed by atoms with Gasteiger partial charge in [-0.15, -0.1) is 0 Å². The summed E-state index contributed by atoms with van der Waals surface area (Å²) in [5, 5.41) is 5.26. The normalized spacial score (nSPS) is 10.4. The van der Waals surface area contributed by atoms with Crippen LogP contribution in [0.15, 0.2) is 65.6 Å². The largest absolute Gasteiger partial charge is 0.492 e. The average molecular weight is 395 g/mol. The molecule has 0 bridgehead atoms. The highest BCUT2D eigenvalue weighted by atomic mass is 19.1. The molecule has 0 aliphatic rings. The fourth-order valence-electron chi connectivity index (χ4n) is 2.93. The number of hydrogen-bond acceptors (Lipinski definition) is 3. The Morgan fingerprint density at radius 3 is 2.52 bits per heavy atom. The molecule has 6 nitrogen and oxygen atoms in total. The summed E-state index contributed by atoms with van der Waals surface area (Å²) >= 11 is 0. The lowest BCUT2D eigenvalue weighted by Crippen LogP contribution is -2.29. The van der Waals surface area contributed by atoms with Crippen LogP contribution in [0.1, 0.15) is 18.1 Å². The van der Waals surface area contributed by atoms with E-state index >= 15 is 0 Å². The summed E-state index contributed by atoms with van der Waals surface area (Å²) < 4.78 is 20.8. The molecule has 0 aliphatic carbocycles. The van der Waals surface area contributed by atoms with Crippen molar-refractivity contribution >= 4 is 17.4 Å². The molecule has 1 heterocycles. The summed E-state index contributed by atoms with van der Waals surface area (Å²) in [7, 11) is 0. The van der Waals surface area contributed by atoms with E-state index in [2.05, 4.69) is 10.6 Å². The molecule has 7 heteroatoms. The third kappa shape index (κ3) is 5.01. The predicted molar refractivity (Wildman–Crippen MR) is 111 cm³/mol. The van der Waals surface area contributed by atoms with Gasteiger partial charge in [-0.3, -0.25) is 4.79 Å². The highest BCUT2D eigenvalue weighted by molar-refractivity contribution is 6.00. The number of ether oxygens (including phenoxy) is 1. The van der Waals surface area contributed by atoms with E-state index in [-0.39, 0.29) is 18.0 Å². The molecular weight excluding hydrogens is 373 g/mol. The number of urea groups is 1. The third-order valence-electron chi connectivity index (χ3n) is 4.20. The van der Waals surface area contributed by atoms with Crippen LogP contribution in [0.25, 0.3) is 0 Å². The zero-order chi connectivity index (χ0) is 20.8. The van der Waals surface area contributed by atoms with Crippen molar-refractivity contribution in [2.75, 3.05) is 17.2 Å². The van der Waals surface area contributed by atoms with Gasteiger partial charge in [0.05, 0.1) is 18.8 Å². The van der Waals surface area contributed by atoms with Crippen LogP contribution >= 0.6 is 0 Å². The average Bonchev–Trinajstić information content (AvgIpc) is 2.69. The molecule has 0 aliphatic heterocycles. The maximum absolute atomic E-state index is 14.0. The molecule has 0 radical (unpaired) electrons. The van der Waals surface area contributed by atoms with Crippen LogP contribution in [0.3, 0.4) is 0 Å². The van der Waals surface area contributed by atoms with E-state index < -0.39 is 11.6 Å². The number of hydrogen-bond donors (Lipinski definition) is 2. The van der Waals surface area contributed by atoms with Gasteiger partial charge in [-0.05, 0) is 43.7 Å². The Morgan fingerprint density at radius 2 is 1.76 bits per heavy atom. The maximum Gasteiger partial charge on any atom is 0.323 e. The van der Waals surface area contributed by atoms with Gasteiger partial charge in [0.2, 0.25) is 0 Å². The molecule has 0 saturated heterocycles. The molecule has 2 amide bonds. The van der Waals surface area contributed by atoms with Gasteiger partial charge >= 0.3 is 6.03 Å². The standard InChI is InChI=1S/C22H22FN3O3/c1-3-29-20-11-7-6-10-18(20)24-22(28)25-19-12-15(2)13-26(21(19)27)14-16-8-4-5-9-17(16)23/h4-13H,3,14H2,1-2H3,(H2,24,25,28). The summed E-state index contributed by atoms with van der Waals surface area (Å²) in [4.78, 5) is 25.2. The number of nitrogens with zero attached hydrogens (tertiary/aromatic N) is 1. The number of amides is 2. The Hall–Kier alpha value is -3.61. The van der Waals surface area contributed by atoms with Crippen LogP contribution < -0.4 is 20.9 Å². The number of rotatable bonds is 6. The highest BCUT2D eigenvalue weighted by Gasteiger charge is 2.12. The van der Waals surface area contributed by atoms with E-state index in [1.165, 1.54) is 10.6 Å². The first-order chi connectivity index (χ1) is 14.0. The first kappa shape index (κ1) is 20.1. The molecule has 150 valence electrons. The van der Waals surface area contributed by atoms with Crippen molar-refractivity contribution in [3.63, 3.8) is 0 Å². The second-order valence-corrected chi connectivity index (χ2v) is 6.46. The molecule has 0 saturated carbocycles. The van der Waals surface area contributed by atoms with Gasteiger partial charge in [-0.2, -0.15) is 0 Å². The second kappa shape index (κ2) is 9.05. The molecule has 29 heavy (non-hydrogen) atoms. The SMILES string of the molecule is CCOc1ccccc1NC(=O)Nc1cc(C)cn(Cc2ccccc2F)c1=O. The molecule has 2 aromatic carbocycles. The zero-order valence-corrected chi connectivity index (χ0v) is 16.2. The fraction of sp³-hybridized carbons (Fsp3) is 0.182. The van der Waals surface area contributed by atoms with Crippen molar-refractivity contribution in [3.8, 4) is 5.75 Å². The van der Waals surface area contributed by atoms with E-state index in [1.54, 1.807) is 61.7 Å². The molecule has 1 aromatic heterocycles. The van der Waals surface area contributed by atoms with Gasteiger partial charge in [-0.1, -0.05) is 30.3 Å². The van der Waals surface area contributed by atoms with Crippen LogP contribution in [0, 0.1) is 12.7 Å². The highest BCUT2D eigenvalue weighted by Crippen LogP contribution is 2.23. The quantitative estimate of drug-likeness (QED) is 0.650. The minimum Gasteiger partial charge on any atom is -0.492 e. The minimum atomic E-state index is -0.572. The van der Waals surface area contributed by atoms with Crippen LogP contribution in [0.2, 0.25) is 0 Å². The van der Waals surface area contributed by atoms with E-state index in [9.17, 15) is 14.0 Å². The minimum absolute atomic E-state index is 0.0661. The Bertz CT molecular complexity index is 1080. The Balaban J connectivity index is 1.81. The Labute approximate surface area is 168 Å². The third-order valence-corrected chi connectivity index (χ3v) is 4.20. The summed E-state index contributed by atoms with van der Waals surface area (Å²) in [6.45, 7) is 4.17. The van der Waals surface area contributed by atoms with E-state index in [0.29, 0.717) is 23.6 Å². The number of aromatic nitrogens is 1. The van der Waals surface area contributed by atoms with Crippen molar-refractivity contribution in [1.82, 2.24) is 4.57 Å². The van der Waals surface area contributed by atoms with Crippen molar-refractivity contribution in [3.05, 3.63) is 88.1 Å². The van der Waals surface area contributed by atoms with Crippen LogP contribution in [-0.4, -0.2) is 17.2 Å². The summed E-state index contributed by atoms with van der Waals surface area (Å²) in [5.74, 6) is 0.145. The number of pyridine rings is 1. The smallest absolute Gasteiger partial charge is 0.323 e. The maximum atomic E-state index is 14.0. The lowest BCUT2D eigenvalue weighted by molar-refractivity contribution is 0.262. The number of nitrogens with one attached hydrogen (secondary N) is 2. The van der Waals surface area contributed by atoms with Crippen molar-refractivity contribution < 1.29 is 13.9 Å². The Morgan fingerprint density at radius 1 is 1.07 bits per heavy atom. The predicted octanol–water partition coefficient (Wildman–Crippen LogP) is 4.39. The van der Waals surface area contributed by atoms with Gasteiger partial charge in [0.1, 0.15) is 17.3 Å². The fourth-order valence-corrected chi connectivity index (χ4v) is 2.93. The van der Waals surface area contributed by atoms with Crippen LogP contribution in [0.5, 0.6) is 5.75 Å². The lowest BCUT2D eigenvalue weighted by Gasteiger charge is -2.14. The van der Waals surface area contributed by atoms with Gasteiger partial charge in [0, 0.05) is 11.8 Å². The van der Waals surface area contributed by atoms with Crippen molar-refractivity contribution in [2.45, 2.75) is 20.4 Å². The topological polar surface area (TPSA) is 72.4 Å². The summed E-state index contributed by atoms with van der Waals surface area (Å²) in [5.41, 5.74) is 1.32. The monoisotopic (exact) mass is 395 g/mol. The van der Waals surface area contributed by atoms with E-state index in [0.717, 1.165) is 5.56 Å². The van der Waals surface area contributed by atoms with Gasteiger partial charge < -0.3 is 19.9 Å². The second-order valence-electron chi connectivity index (χ2n) is 6.46.